The minimum Gasteiger partial charge on any atom is -0.339 e. The molecule has 1 aromatic rings. The molecule has 0 radical (unpaired) electrons. The summed E-state index contributed by atoms with van der Waals surface area (Å²) in [5.74, 6) is 2.74. The third-order valence-electron chi connectivity index (χ3n) is 5.51. The number of carbonyl (C=O) groups is 1. The SMILES string of the molecule is O=C(Cn1ccnc1)N1CCN(CC2C[C@@H]3C=C[C@H]2C3)CC1. The lowest BCUT2D eigenvalue weighted by Gasteiger charge is -2.37. The summed E-state index contributed by atoms with van der Waals surface area (Å²) in [4.78, 5) is 20.8. The van der Waals surface area contributed by atoms with Crippen molar-refractivity contribution in [2.45, 2.75) is 19.4 Å². The highest BCUT2D eigenvalue weighted by molar-refractivity contribution is 5.76. The topological polar surface area (TPSA) is 41.4 Å². The zero-order valence-electron chi connectivity index (χ0n) is 13.0. The molecule has 5 nitrogen and oxygen atoms in total. The molecule has 1 amide bonds. The molecule has 0 spiro atoms. The summed E-state index contributed by atoms with van der Waals surface area (Å²) in [6.45, 7) is 5.40. The van der Waals surface area contributed by atoms with E-state index in [9.17, 15) is 4.79 Å². The van der Waals surface area contributed by atoms with E-state index >= 15 is 0 Å². The number of hydrogen-bond acceptors (Lipinski definition) is 3. The molecular formula is C17H24N4O. The Kier molecular flexibility index (Phi) is 3.74. The maximum Gasteiger partial charge on any atom is 0.242 e. The zero-order chi connectivity index (χ0) is 14.9. The predicted octanol–water partition coefficient (Wildman–Crippen LogP) is 1.24. The molecule has 118 valence electrons. The van der Waals surface area contributed by atoms with E-state index in [-0.39, 0.29) is 5.91 Å². The first-order chi connectivity index (χ1) is 10.8. The molecule has 1 saturated heterocycles. The fraction of sp³-hybridized carbons (Fsp3) is 0.647. The average molecular weight is 300 g/mol. The minimum absolute atomic E-state index is 0.209. The van der Waals surface area contributed by atoms with Gasteiger partial charge in [-0.05, 0) is 30.6 Å². The Bertz CT molecular complexity index is 545. The summed E-state index contributed by atoms with van der Waals surface area (Å²) in [6, 6.07) is 0. The van der Waals surface area contributed by atoms with Gasteiger partial charge in [-0.2, -0.15) is 0 Å². The number of imidazole rings is 1. The van der Waals surface area contributed by atoms with Crippen molar-refractivity contribution in [1.29, 1.82) is 0 Å². The van der Waals surface area contributed by atoms with Gasteiger partial charge in [0.15, 0.2) is 0 Å². The number of amides is 1. The number of rotatable bonds is 4. The lowest BCUT2D eigenvalue weighted by molar-refractivity contribution is -0.133. The number of nitrogens with zero attached hydrogens (tertiary/aromatic N) is 4. The number of piperazine rings is 1. The second kappa shape index (κ2) is 5.88. The van der Waals surface area contributed by atoms with Crippen molar-refractivity contribution >= 4 is 5.91 Å². The van der Waals surface area contributed by atoms with Gasteiger partial charge in [0, 0.05) is 45.1 Å². The maximum absolute atomic E-state index is 12.3. The van der Waals surface area contributed by atoms with Crippen LogP contribution < -0.4 is 0 Å². The van der Waals surface area contributed by atoms with Crippen LogP contribution in [0.1, 0.15) is 12.8 Å². The molecule has 3 aliphatic rings. The van der Waals surface area contributed by atoms with Gasteiger partial charge >= 0.3 is 0 Å². The van der Waals surface area contributed by atoms with Gasteiger partial charge in [-0.25, -0.2) is 4.98 Å². The number of fused-ring (bicyclic) bond motifs is 2. The summed E-state index contributed by atoms with van der Waals surface area (Å²) >= 11 is 0. The normalized spacial score (nSPS) is 31.1. The van der Waals surface area contributed by atoms with E-state index < -0.39 is 0 Å². The molecule has 3 atom stereocenters. The van der Waals surface area contributed by atoms with E-state index in [1.165, 1.54) is 19.4 Å². The van der Waals surface area contributed by atoms with Gasteiger partial charge in [-0.15, -0.1) is 0 Å². The zero-order valence-corrected chi connectivity index (χ0v) is 13.0. The van der Waals surface area contributed by atoms with E-state index in [0.717, 1.165) is 43.9 Å². The highest BCUT2D eigenvalue weighted by Crippen LogP contribution is 2.43. The summed E-state index contributed by atoms with van der Waals surface area (Å²) in [7, 11) is 0. The van der Waals surface area contributed by atoms with Gasteiger partial charge in [0.05, 0.1) is 6.33 Å². The molecule has 1 aromatic heterocycles. The quantitative estimate of drug-likeness (QED) is 0.786. The molecule has 5 heteroatoms. The van der Waals surface area contributed by atoms with Crippen LogP contribution in [0.25, 0.3) is 0 Å². The Morgan fingerprint density at radius 2 is 2.00 bits per heavy atom. The lowest BCUT2D eigenvalue weighted by atomic mass is 9.93. The van der Waals surface area contributed by atoms with Gasteiger partial charge in [0.2, 0.25) is 5.91 Å². The third-order valence-corrected chi connectivity index (χ3v) is 5.51. The molecule has 4 rings (SSSR count). The molecule has 2 heterocycles. The molecular weight excluding hydrogens is 276 g/mol. The molecule has 2 aliphatic carbocycles. The second-order valence-electron chi connectivity index (χ2n) is 6.96. The van der Waals surface area contributed by atoms with Gasteiger partial charge < -0.3 is 9.47 Å². The number of aromatic nitrogens is 2. The molecule has 2 bridgehead atoms. The van der Waals surface area contributed by atoms with Crippen LogP contribution in [0.4, 0.5) is 0 Å². The first kappa shape index (κ1) is 14.0. The monoisotopic (exact) mass is 300 g/mol. The van der Waals surface area contributed by atoms with Crippen LogP contribution >= 0.6 is 0 Å². The summed E-state index contributed by atoms with van der Waals surface area (Å²) in [5.41, 5.74) is 0. The molecule has 1 unspecified atom stereocenters. The molecule has 1 saturated carbocycles. The molecule has 0 N–H and O–H groups in total. The predicted molar refractivity (Wildman–Crippen MR) is 84.1 cm³/mol. The number of hydrogen-bond donors (Lipinski definition) is 0. The van der Waals surface area contributed by atoms with E-state index in [1.807, 2.05) is 15.7 Å². The molecule has 22 heavy (non-hydrogen) atoms. The first-order valence-corrected chi connectivity index (χ1v) is 8.42. The maximum atomic E-state index is 12.3. The summed E-state index contributed by atoms with van der Waals surface area (Å²) in [5, 5.41) is 0. The highest BCUT2D eigenvalue weighted by Gasteiger charge is 2.36. The van der Waals surface area contributed by atoms with Crippen molar-refractivity contribution in [3.63, 3.8) is 0 Å². The fourth-order valence-corrected chi connectivity index (χ4v) is 4.25. The first-order valence-electron chi connectivity index (χ1n) is 8.42. The average Bonchev–Trinajstić information content (AvgIpc) is 3.25. The Morgan fingerprint density at radius 3 is 2.64 bits per heavy atom. The molecule has 2 fully saturated rings. The van der Waals surface area contributed by atoms with Crippen LogP contribution in [0.2, 0.25) is 0 Å². The van der Waals surface area contributed by atoms with Crippen molar-refractivity contribution in [2.24, 2.45) is 17.8 Å². The number of carbonyl (C=O) groups excluding carboxylic acids is 1. The van der Waals surface area contributed by atoms with Crippen molar-refractivity contribution in [3.05, 3.63) is 30.9 Å². The highest BCUT2D eigenvalue weighted by atomic mass is 16.2. The smallest absolute Gasteiger partial charge is 0.242 e. The van der Waals surface area contributed by atoms with Gasteiger partial charge in [-0.1, -0.05) is 12.2 Å². The number of allylic oxidation sites excluding steroid dienone is 2. The van der Waals surface area contributed by atoms with E-state index in [1.54, 1.807) is 12.5 Å². The Balaban J connectivity index is 1.24. The summed E-state index contributed by atoms with van der Waals surface area (Å²) in [6.07, 6.45) is 12.9. The molecule has 1 aliphatic heterocycles. The lowest BCUT2D eigenvalue weighted by Crippen LogP contribution is -2.50. The fourth-order valence-electron chi connectivity index (χ4n) is 4.25. The molecule has 0 aromatic carbocycles. The van der Waals surface area contributed by atoms with Crippen molar-refractivity contribution in [3.8, 4) is 0 Å². The second-order valence-corrected chi connectivity index (χ2v) is 6.96. The van der Waals surface area contributed by atoms with Crippen LogP contribution in [0, 0.1) is 17.8 Å². The van der Waals surface area contributed by atoms with Crippen molar-refractivity contribution in [1.82, 2.24) is 19.4 Å². The largest absolute Gasteiger partial charge is 0.339 e. The Morgan fingerprint density at radius 1 is 1.14 bits per heavy atom. The Labute approximate surface area is 131 Å². The van der Waals surface area contributed by atoms with Crippen LogP contribution in [0.3, 0.4) is 0 Å². The van der Waals surface area contributed by atoms with E-state index in [0.29, 0.717) is 6.54 Å². The summed E-state index contributed by atoms with van der Waals surface area (Å²) < 4.78 is 1.84. The minimum atomic E-state index is 0.209. The van der Waals surface area contributed by atoms with Crippen LogP contribution in [-0.4, -0.2) is 58.0 Å². The van der Waals surface area contributed by atoms with E-state index in [4.69, 9.17) is 0 Å². The standard InChI is InChI=1S/C17H24N4O/c22-17(12-20-4-3-18-13-20)21-7-5-19(6-8-21)11-16-10-14-1-2-15(16)9-14/h1-4,13-16H,5-12H2/t14-,15+,16?/m1/s1. The van der Waals surface area contributed by atoms with Gasteiger partial charge in [-0.3, -0.25) is 9.69 Å². The third kappa shape index (κ3) is 2.82. The van der Waals surface area contributed by atoms with Crippen LogP contribution in [0.5, 0.6) is 0 Å². The van der Waals surface area contributed by atoms with Gasteiger partial charge in [0.1, 0.15) is 6.54 Å². The Hall–Kier alpha value is -1.62. The van der Waals surface area contributed by atoms with Crippen LogP contribution in [0.15, 0.2) is 30.9 Å². The van der Waals surface area contributed by atoms with Gasteiger partial charge in [0.25, 0.3) is 0 Å². The van der Waals surface area contributed by atoms with Crippen molar-refractivity contribution in [2.75, 3.05) is 32.7 Å². The van der Waals surface area contributed by atoms with E-state index in [2.05, 4.69) is 22.0 Å². The van der Waals surface area contributed by atoms with Crippen LogP contribution in [-0.2, 0) is 11.3 Å². The van der Waals surface area contributed by atoms with Crippen molar-refractivity contribution < 1.29 is 4.79 Å².